The zero-order chi connectivity index (χ0) is 45.7. The standard InChI is InChI=1S/C64H44N4O/c1-7-22-46(23-8-1)65(47-24-9-2-10-25-47)52-37-42-61-56(43-52)63-58(66(48-26-11-3-12-27-48)49-28-13-4-14-29-49)40-41-59(64(63)69-61)67(50-30-15-5-16-31-50)53-36-38-55-60(44-53)68(51-32-17-6-18-33-51)57-39-35-45-21-19-20-34-54(45)62(55)57/h1-44H. The second-order valence-electron chi connectivity index (χ2n) is 17.3. The van der Waals surface area contributed by atoms with Crippen LogP contribution in [0, 0.1) is 0 Å². The van der Waals surface area contributed by atoms with Crippen molar-refractivity contribution in [2.24, 2.45) is 0 Å². The van der Waals surface area contributed by atoms with Crippen molar-refractivity contribution in [3.63, 3.8) is 0 Å². The van der Waals surface area contributed by atoms with Crippen molar-refractivity contribution >= 4 is 106 Å². The van der Waals surface area contributed by atoms with Gasteiger partial charge in [0.15, 0.2) is 5.58 Å². The maximum Gasteiger partial charge on any atom is 0.161 e. The van der Waals surface area contributed by atoms with E-state index in [0.717, 1.165) is 84.3 Å². The van der Waals surface area contributed by atoms with Crippen molar-refractivity contribution in [3.8, 4) is 5.69 Å². The van der Waals surface area contributed by atoms with E-state index in [-0.39, 0.29) is 0 Å². The fourth-order valence-corrected chi connectivity index (χ4v) is 10.3. The van der Waals surface area contributed by atoms with Gasteiger partial charge in [0.2, 0.25) is 0 Å². The molecule has 11 aromatic carbocycles. The van der Waals surface area contributed by atoms with E-state index in [9.17, 15) is 0 Å². The van der Waals surface area contributed by atoms with Crippen LogP contribution in [0.15, 0.2) is 271 Å². The molecular formula is C64H44N4O. The summed E-state index contributed by atoms with van der Waals surface area (Å²) in [6.07, 6.45) is 0. The zero-order valence-corrected chi connectivity index (χ0v) is 37.6. The third-order valence-electron chi connectivity index (χ3n) is 13.3. The summed E-state index contributed by atoms with van der Waals surface area (Å²) in [4.78, 5) is 7.02. The van der Waals surface area contributed by atoms with E-state index in [1.165, 1.54) is 27.1 Å². The summed E-state index contributed by atoms with van der Waals surface area (Å²) in [6.45, 7) is 0. The van der Waals surface area contributed by atoms with Gasteiger partial charge in [0, 0.05) is 61.7 Å². The zero-order valence-electron chi connectivity index (χ0n) is 37.6. The Hall–Kier alpha value is -9.32. The van der Waals surface area contributed by atoms with E-state index >= 15 is 0 Å². The first kappa shape index (κ1) is 40.0. The highest BCUT2D eigenvalue weighted by Gasteiger charge is 2.27. The molecule has 69 heavy (non-hydrogen) atoms. The molecule has 5 heteroatoms. The van der Waals surface area contributed by atoms with Crippen LogP contribution in [0.25, 0.3) is 60.2 Å². The first-order valence-electron chi connectivity index (χ1n) is 23.4. The van der Waals surface area contributed by atoms with Crippen LogP contribution < -0.4 is 14.7 Å². The van der Waals surface area contributed by atoms with Crippen LogP contribution in [0.2, 0.25) is 0 Å². The molecule has 2 heterocycles. The van der Waals surface area contributed by atoms with Gasteiger partial charge >= 0.3 is 0 Å². The Morgan fingerprint density at radius 3 is 1.36 bits per heavy atom. The smallest absolute Gasteiger partial charge is 0.161 e. The lowest BCUT2D eigenvalue weighted by atomic mass is 10.0. The molecule has 0 spiro atoms. The van der Waals surface area contributed by atoms with Gasteiger partial charge in [-0.3, -0.25) is 0 Å². The van der Waals surface area contributed by atoms with Crippen LogP contribution in [-0.2, 0) is 0 Å². The molecule has 0 radical (unpaired) electrons. The Morgan fingerprint density at radius 1 is 0.290 bits per heavy atom. The molecule has 0 aliphatic rings. The van der Waals surface area contributed by atoms with E-state index < -0.39 is 0 Å². The minimum Gasteiger partial charge on any atom is -0.454 e. The molecule has 326 valence electrons. The molecular weight excluding hydrogens is 841 g/mol. The highest BCUT2D eigenvalue weighted by Crippen LogP contribution is 2.50. The predicted molar refractivity (Wildman–Crippen MR) is 290 cm³/mol. The predicted octanol–water partition coefficient (Wildman–Crippen LogP) is 18.2. The number of rotatable bonds is 10. The van der Waals surface area contributed by atoms with Gasteiger partial charge in [0.25, 0.3) is 0 Å². The van der Waals surface area contributed by atoms with E-state index in [4.69, 9.17) is 4.42 Å². The largest absolute Gasteiger partial charge is 0.454 e. The van der Waals surface area contributed by atoms with Crippen molar-refractivity contribution in [1.29, 1.82) is 0 Å². The molecule has 0 saturated heterocycles. The van der Waals surface area contributed by atoms with Gasteiger partial charge in [-0.15, -0.1) is 0 Å². The third kappa shape index (κ3) is 6.87. The number of hydrogen-bond donors (Lipinski definition) is 0. The van der Waals surface area contributed by atoms with Crippen molar-refractivity contribution < 1.29 is 4.42 Å². The minimum absolute atomic E-state index is 0.779. The highest BCUT2D eigenvalue weighted by atomic mass is 16.3. The van der Waals surface area contributed by atoms with Crippen LogP contribution in [0.1, 0.15) is 0 Å². The number of anilines is 9. The fraction of sp³-hybridized carbons (Fsp3) is 0. The van der Waals surface area contributed by atoms with E-state index in [1.54, 1.807) is 0 Å². The van der Waals surface area contributed by atoms with Crippen LogP contribution in [0.3, 0.4) is 0 Å². The van der Waals surface area contributed by atoms with Gasteiger partial charge in [0.1, 0.15) is 5.58 Å². The first-order chi connectivity index (χ1) is 34.3. The minimum atomic E-state index is 0.779. The fourth-order valence-electron chi connectivity index (χ4n) is 10.3. The quantitative estimate of drug-likeness (QED) is 0.137. The number of fused-ring (bicyclic) bond motifs is 8. The molecule has 13 aromatic rings. The van der Waals surface area contributed by atoms with Crippen molar-refractivity contribution in [2.45, 2.75) is 0 Å². The molecule has 0 fully saturated rings. The lowest BCUT2D eigenvalue weighted by Gasteiger charge is -2.29. The monoisotopic (exact) mass is 884 g/mol. The summed E-state index contributed by atoms with van der Waals surface area (Å²) in [5, 5.41) is 6.91. The summed E-state index contributed by atoms with van der Waals surface area (Å²) in [5.41, 5.74) is 14.2. The maximum atomic E-state index is 7.30. The summed E-state index contributed by atoms with van der Waals surface area (Å²) in [5.74, 6) is 0. The lowest BCUT2D eigenvalue weighted by Crippen LogP contribution is -2.13. The Bertz CT molecular complexity index is 3870. The Balaban J connectivity index is 1.10. The first-order valence-corrected chi connectivity index (χ1v) is 23.4. The number of furan rings is 1. The topological polar surface area (TPSA) is 27.8 Å². The Morgan fingerprint density at radius 2 is 0.768 bits per heavy atom. The molecule has 0 atom stereocenters. The molecule has 0 amide bonds. The van der Waals surface area contributed by atoms with E-state index in [1.807, 2.05) is 0 Å². The molecule has 0 saturated carbocycles. The maximum absolute atomic E-state index is 7.30. The van der Waals surface area contributed by atoms with Crippen molar-refractivity contribution in [3.05, 3.63) is 267 Å². The van der Waals surface area contributed by atoms with Crippen LogP contribution in [-0.4, -0.2) is 4.57 Å². The second kappa shape index (κ2) is 16.8. The average molecular weight is 885 g/mol. The number of para-hydroxylation sites is 6. The van der Waals surface area contributed by atoms with Gasteiger partial charge in [-0.1, -0.05) is 146 Å². The number of hydrogen-bond acceptors (Lipinski definition) is 4. The van der Waals surface area contributed by atoms with Gasteiger partial charge < -0.3 is 23.7 Å². The normalized spacial score (nSPS) is 11.5. The average Bonchev–Trinajstić information content (AvgIpc) is 3.98. The molecule has 13 rings (SSSR count). The molecule has 0 aliphatic heterocycles. The van der Waals surface area contributed by atoms with E-state index in [0.29, 0.717) is 0 Å². The van der Waals surface area contributed by atoms with Crippen molar-refractivity contribution in [1.82, 2.24) is 4.57 Å². The molecule has 0 unspecified atom stereocenters. The van der Waals surface area contributed by atoms with Gasteiger partial charge in [-0.25, -0.2) is 0 Å². The number of nitrogens with zero attached hydrogens (tertiary/aromatic N) is 4. The molecule has 0 N–H and O–H groups in total. The van der Waals surface area contributed by atoms with Gasteiger partial charge in [0.05, 0.1) is 27.8 Å². The summed E-state index contributed by atoms with van der Waals surface area (Å²) in [7, 11) is 0. The number of benzene rings is 11. The number of aromatic nitrogens is 1. The van der Waals surface area contributed by atoms with Crippen molar-refractivity contribution in [2.75, 3.05) is 14.7 Å². The molecule has 0 aliphatic carbocycles. The second-order valence-corrected chi connectivity index (χ2v) is 17.3. The SMILES string of the molecule is c1ccc(N(c2ccccc2)c2ccc3oc4c(N(c5ccccc5)c5ccc6c7c8ccccc8ccc7n(-c7ccccc7)c6c5)ccc(N(c5ccccc5)c5ccccc5)c4c3c2)cc1. The van der Waals surface area contributed by atoms with Crippen LogP contribution >= 0.6 is 0 Å². The van der Waals surface area contributed by atoms with Gasteiger partial charge in [-0.2, -0.15) is 0 Å². The van der Waals surface area contributed by atoms with E-state index in [2.05, 4.69) is 286 Å². The van der Waals surface area contributed by atoms with Crippen LogP contribution in [0.4, 0.5) is 51.2 Å². The molecule has 2 aromatic heterocycles. The summed E-state index contributed by atoms with van der Waals surface area (Å²) < 4.78 is 9.71. The Labute approximate surface area is 400 Å². The van der Waals surface area contributed by atoms with Crippen LogP contribution in [0.5, 0.6) is 0 Å². The third-order valence-corrected chi connectivity index (χ3v) is 13.3. The molecule has 0 bridgehead atoms. The Kier molecular flexibility index (Phi) is 9.76. The molecule has 5 nitrogen and oxygen atoms in total. The lowest BCUT2D eigenvalue weighted by molar-refractivity contribution is 0.669. The van der Waals surface area contributed by atoms with Gasteiger partial charge in [-0.05, 0) is 132 Å². The highest BCUT2D eigenvalue weighted by molar-refractivity contribution is 6.22. The summed E-state index contributed by atoms with van der Waals surface area (Å²) >= 11 is 0. The summed E-state index contributed by atoms with van der Waals surface area (Å²) in [6, 6.07) is 95.0.